The van der Waals surface area contributed by atoms with E-state index in [-0.39, 0.29) is 30.9 Å². The molecule has 7 nitrogen and oxygen atoms in total. The SMILES string of the molecule is CN(C)C(=O)CC1(O)CCCN(C(=O)NC2CC3OCCCC23)C1. The number of piperidine rings is 1. The van der Waals surface area contributed by atoms with Crippen LogP contribution in [0.2, 0.25) is 0 Å². The number of fused-ring (bicyclic) bond motifs is 1. The minimum absolute atomic E-state index is 0.0613. The Balaban J connectivity index is 1.52. The first-order valence-corrected chi connectivity index (χ1v) is 8.97. The van der Waals surface area contributed by atoms with Gasteiger partial charge < -0.3 is 25.0 Å². The van der Waals surface area contributed by atoms with E-state index in [9.17, 15) is 14.7 Å². The Morgan fingerprint density at radius 1 is 1.38 bits per heavy atom. The minimum Gasteiger partial charge on any atom is -0.387 e. The van der Waals surface area contributed by atoms with Gasteiger partial charge in [0.15, 0.2) is 0 Å². The third kappa shape index (κ3) is 3.67. The molecule has 0 radical (unpaired) electrons. The molecule has 136 valence electrons. The van der Waals surface area contributed by atoms with Crippen LogP contribution in [0, 0.1) is 5.92 Å². The van der Waals surface area contributed by atoms with Crippen molar-refractivity contribution < 1.29 is 19.4 Å². The number of rotatable bonds is 3. The Morgan fingerprint density at radius 2 is 2.17 bits per heavy atom. The Morgan fingerprint density at radius 3 is 2.88 bits per heavy atom. The number of amides is 3. The van der Waals surface area contributed by atoms with Crippen molar-refractivity contribution >= 4 is 11.9 Å². The van der Waals surface area contributed by atoms with Crippen molar-refractivity contribution in [2.45, 2.75) is 56.3 Å². The van der Waals surface area contributed by atoms with Gasteiger partial charge in [-0.05, 0) is 32.1 Å². The highest BCUT2D eigenvalue weighted by Crippen LogP contribution is 2.38. The first kappa shape index (κ1) is 17.5. The molecule has 0 spiro atoms. The molecule has 0 bridgehead atoms. The van der Waals surface area contributed by atoms with Crippen LogP contribution in [0.3, 0.4) is 0 Å². The molecule has 3 aliphatic rings. The minimum atomic E-state index is -1.12. The zero-order valence-corrected chi connectivity index (χ0v) is 14.7. The molecule has 2 saturated heterocycles. The zero-order chi connectivity index (χ0) is 17.3. The Labute approximate surface area is 143 Å². The molecule has 2 heterocycles. The molecule has 4 unspecified atom stereocenters. The maximum atomic E-state index is 12.6. The first-order valence-electron chi connectivity index (χ1n) is 8.97. The number of urea groups is 1. The number of β-amino-alcohol motifs (C(OH)–C–C–N with tert-alkyl or cyclic N) is 1. The summed E-state index contributed by atoms with van der Waals surface area (Å²) in [6.07, 6.45) is 4.68. The molecule has 0 aromatic carbocycles. The lowest BCUT2D eigenvalue weighted by atomic mass is 9.72. The first-order chi connectivity index (χ1) is 11.4. The van der Waals surface area contributed by atoms with Crippen molar-refractivity contribution in [1.29, 1.82) is 0 Å². The second-order valence-corrected chi connectivity index (χ2v) is 7.72. The third-order valence-electron chi connectivity index (χ3n) is 5.62. The highest BCUT2D eigenvalue weighted by Gasteiger charge is 2.45. The van der Waals surface area contributed by atoms with Crippen LogP contribution in [-0.2, 0) is 9.53 Å². The molecule has 3 amide bonds. The van der Waals surface area contributed by atoms with Crippen LogP contribution in [0.4, 0.5) is 4.79 Å². The van der Waals surface area contributed by atoms with E-state index in [2.05, 4.69) is 5.32 Å². The van der Waals surface area contributed by atoms with E-state index in [0.29, 0.717) is 31.4 Å². The number of carbonyl (C=O) groups excluding carboxylic acids is 2. The number of carbonyl (C=O) groups is 2. The summed E-state index contributed by atoms with van der Waals surface area (Å²) in [7, 11) is 3.36. The number of hydrogen-bond donors (Lipinski definition) is 2. The number of hydrogen-bond acceptors (Lipinski definition) is 4. The fourth-order valence-corrected chi connectivity index (χ4v) is 4.08. The maximum absolute atomic E-state index is 12.6. The largest absolute Gasteiger partial charge is 0.387 e. The van der Waals surface area contributed by atoms with Crippen molar-refractivity contribution in [2.24, 2.45) is 5.92 Å². The fourth-order valence-electron chi connectivity index (χ4n) is 4.08. The predicted octanol–water partition coefficient (Wildman–Crippen LogP) is 0.569. The quantitative estimate of drug-likeness (QED) is 0.787. The van der Waals surface area contributed by atoms with Gasteiger partial charge in [-0.3, -0.25) is 4.79 Å². The molecular formula is C17H29N3O4. The van der Waals surface area contributed by atoms with Gasteiger partial charge in [-0.1, -0.05) is 0 Å². The monoisotopic (exact) mass is 339 g/mol. The lowest BCUT2D eigenvalue weighted by Crippen LogP contribution is -2.61. The Hall–Kier alpha value is -1.34. The van der Waals surface area contributed by atoms with Crippen LogP contribution in [0.15, 0.2) is 0 Å². The van der Waals surface area contributed by atoms with Crippen molar-refractivity contribution in [3.63, 3.8) is 0 Å². The Kier molecular flexibility index (Phi) is 5.01. The topological polar surface area (TPSA) is 82.1 Å². The van der Waals surface area contributed by atoms with Gasteiger partial charge >= 0.3 is 6.03 Å². The lowest BCUT2D eigenvalue weighted by molar-refractivity contribution is -0.136. The van der Waals surface area contributed by atoms with E-state index in [4.69, 9.17) is 4.74 Å². The average Bonchev–Trinajstić information content (AvgIpc) is 2.52. The van der Waals surface area contributed by atoms with Gasteiger partial charge in [-0.15, -0.1) is 0 Å². The predicted molar refractivity (Wildman–Crippen MR) is 88.5 cm³/mol. The normalized spacial score (nSPS) is 35.6. The van der Waals surface area contributed by atoms with Crippen LogP contribution >= 0.6 is 0 Å². The van der Waals surface area contributed by atoms with E-state index < -0.39 is 5.60 Å². The van der Waals surface area contributed by atoms with E-state index >= 15 is 0 Å². The molecule has 4 atom stereocenters. The van der Waals surface area contributed by atoms with Gasteiger partial charge in [-0.2, -0.15) is 0 Å². The smallest absolute Gasteiger partial charge is 0.317 e. The highest BCUT2D eigenvalue weighted by molar-refractivity contribution is 5.77. The standard InChI is InChI=1S/C17H29N3O4/c1-19(2)15(21)10-17(23)6-4-7-20(11-17)16(22)18-13-9-14-12(13)5-3-8-24-14/h12-14,23H,3-11H2,1-2H3,(H,18,22). The van der Waals surface area contributed by atoms with Crippen molar-refractivity contribution in [1.82, 2.24) is 15.1 Å². The van der Waals surface area contributed by atoms with Crippen LogP contribution in [0.25, 0.3) is 0 Å². The van der Waals surface area contributed by atoms with Crippen LogP contribution < -0.4 is 5.32 Å². The maximum Gasteiger partial charge on any atom is 0.317 e. The van der Waals surface area contributed by atoms with Gasteiger partial charge in [0.1, 0.15) is 0 Å². The summed E-state index contributed by atoms with van der Waals surface area (Å²) in [5.74, 6) is 0.322. The van der Waals surface area contributed by atoms with Gasteiger partial charge in [0.25, 0.3) is 0 Å². The van der Waals surface area contributed by atoms with Crippen molar-refractivity contribution in [2.75, 3.05) is 33.8 Å². The van der Waals surface area contributed by atoms with E-state index in [1.807, 2.05) is 0 Å². The summed E-state index contributed by atoms with van der Waals surface area (Å²) >= 11 is 0. The number of likely N-dealkylation sites (tertiary alicyclic amines) is 1. The molecule has 7 heteroatoms. The number of aliphatic hydroxyl groups is 1. The molecule has 2 aliphatic heterocycles. The molecule has 3 rings (SSSR count). The van der Waals surface area contributed by atoms with E-state index in [1.165, 1.54) is 4.90 Å². The molecule has 1 saturated carbocycles. The summed E-state index contributed by atoms with van der Waals surface area (Å²) < 4.78 is 5.69. The van der Waals surface area contributed by atoms with Crippen molar-refractivity contribution in [3.8, 4) is 0 Å². The molecule has 1 aliphatic carbocycles. The second kappa shape index (κ2) is 6.88. The van der Waals surface area contributed by atoms with Gasteiger partial charge in [0, 0.05) is 39.2 Å². The van der Waals surface area contributed by atoms with Crippen LogP contribution in [-0.4, -0.2) is 78.4 Å². The van der Waals surface area contributed by atoms with Gasteiger partial charge in [0.05, 0.1) is 24.7 Å². The summed E-state index contributed by atoms with van der Waals surface area (Å²) in [6, 6.07) is 0.0562. The third-order valence-corrected chi connectivity index (χ3v) is 5.62. The summed E-state index contributed by atoms with van der Waals surface area (Å²) in [5, 5.41) is 13.8. The van der Waals surface area contributed by atoms with Crippen LogP contribution in [0.1, 0.15) is 38.5 Å². The summed E-state index contributed by atoms with van der Waals surface area (Å²) in [5.41, 5.74) is -1.12. The van der Waals surface area contributed by atoms with Gasteiger partial charge in [-0.25, -0.2) is 4.79 Å². The summed E-state index contributed by atoms with van der Waals surface area (Å²) in [4.78, 5) is 27.6. The molecule has 0 aromatic rings. The van der Waals surface area contributed by atoms with E-state index in [0.717, 1.165) is 25.9 Å². The van der Waals surface area contributed by atoms with Gasteiger partial charge in [0.2, 0.25) is 5.91 Å². The molecule has 24 heavy (non-hydrogen) atoms. The van der Waals surface area contributed by atoms with Crippen molar-refractivity contribution in [3.05, 3.63) is 0 Å². The lowest BCUT2D eigenvalue weighted by Gasteiger charge is -2.48. The van der Waals surface area contributed by atoms with E-state index in [1.54, 1.807) is 19.0 Å². The fraction of sp³-hybridized carbons (Fsp3) is 0.882. The zero-order valence-electron chi connectivity index (χ0n) is 14.7. The second-order valence-electron chi connectivity index (χ2n) is 7.72. The number of nitrogens with one attached hydrogen (secondary N) is 1. The molecule has 2 N–H and O–H groups in total. The van der Waals surface area contributed by atoms with Crippen LogP contribution in [0.5, 0.6) is 0 Å². The highest BCUT2D eigenvalue weighted by atomic mass is 16.5. The average molecular weight is 339 g/mol. The molecular weight excluding hydrogens is 310 g/mol. The summed E-state index contributed by atoms with van der Waals surface area (Å²) in [6.45, 7) is 1.68. The number of nitrogens with zero attached hydrogens (tertiary/aromatic N) is 2. The Bertz CT molecular complexity index is 498. The molecule has 0 aromatic heterocycles. The number of ether oxygens (including phenoxy) is 1. The molecule has 3 fully saturated rings.